The first-order chi connectivity index (χ1) is 12.6. The lowest BCUT2D eigenvalue weighted by Gasteiger charge is -2.20. The Labute approximate surface area is 152 Å². The molecule has 10 heteroatoms. The van der Waals surface area contributed by atoms with Gasteiger partial charge in [-0.3, -0.25) is 4.79 Å². The molecular formula is C17H19F5N4O. The van der Waals surface area contributed by atoms with Crippen LogP contribution in [-0.4, -0.2) is 32.7 Å². The van der Waals surface area contributed by atoms with E-state index in [-0.39, 0.29) is 23.1 Å². The number of carbonyl (C=O) groups excluding carboxylic acids is 1. The third kappa shape index (κ3) is 3.89. The Balaban J connectivity index is 1.95. The molecule has 0 aliphatic heterocycles. The molecule has 0 radical (unpaired) electrons. The smallest absolute Gasteiger partial charge is 0.348 e. The van der Waals surface area contributed by atoms with Crippen molar-refractivity contribution in [1.82, 2.24) is 19.9 Å². The number of nitrogens with one attached hydrogen (secondary N) is 1. The highest BCUT2D eigenvalue weighted by molar-refractivity contribution is 5.93. The Bertz CT molecular complexity index is 838. The maximum Gasteiger partial charge on any atom is 0.459 e. The average Bonchev–Trinajstić information content (AvgIpc) is 2.82. The van der Waals surface area contributed by atoms with Crippen molar-refractivity contribution in [3.63, 3.8) is 0 Å². The normalized spacial score (nSPS) is 17.1. The second kappa shape index (κ2) is 7.05. The van der Waals surface area contributed by atoms with Crippen molar-refractivity contribution in [2.75, 3.05) is 0 Å². The summed E-state index contributed by atoms with van der Waals surface area (Å²) in [7, 11) is 0. The van der Waals surface area contributed by atoms with Crippen molar-refractivity contribution in [3.8, 4) is 0 Å². The van der Waals surface area contributed by atoms with E-state index in [1.165, 1.54) is 6.92 Å². The fraction of sp³-hybridized carbons (Fsp3) is 0.588. The SMILES string of the molecule is Cc1cc(C(F)(F)C(F)(F)F)n2nc(C(=O)NC3CCCCCC3)cc2n1. The van der Waals surface area contributed by atoms with Crippen LogP contribution in [0, 0.1) is 6.92 Å². The van der Waals surface area contributed by atoms with Crippen LogP contribution in [0.3, 0.4) is 0 Å². The summed E-state index contributed by atoms with van der Waals surface area (Å²) in [6, 6.07) is 1.69. The number of hydrogen-bond acceptors (Lipinski definition) is 3. The summed E-state index contributed by atoms with van der Waals surface area (Å²) in [6.07, 6.45) is -0.0819. The molecule has 1 aliphatic rings. The molecule has 1 aliphatic carbocycles. The van der Waals surface area contributed by atoms with Crippen LogP contribution in [0.1, 0.15) is 60.4 Å². The van der Waals surface area contributed by atoms with Crippen LogP contribution in [0.25, 0.3) is 5.65 Å². The summed E-state index contributed by atoms with van der Waals surface area (Å²) in [5.74, 6) is -5.73. The van der Waals surface area contributed by atoms with Crippen molar-refractivity contribution in [2.24, 2.45) is 0 Å². The molecule has 27 heavy (non-hydrogen) atoms. The third-order valence-electron chi connectivity index (χ3n) is 4.66. The molecule has 0 unspecified atom stereocenters. The van der Waals surface area contributed by atoms with Crippen molar-refractivity contribution >= 4 is 11.6 Å². The molecule has 1 amide bonds. The zero-order chi connectivity index (χ0) is 19.8. The number of fused-ring (bicyclic) bond motifs is 1. The highest BCUT2D eigenvalue weighted by Crippen LogP contribution is 2.43. The predicted octanol–water partition coefficient (Wildman–Crippen LogP) is 4.14. The van der Waals surface area contributed by atoms with Gasteiger partial charge in [0.2, 0.25) is 0 Å². The zero-order valence-electron chi connectivity index (χ0n) is 14.6. The third-order valence-corrected chi connectivity index (χ3v) is 4.66. The van der Waals surface area contributed by atoms with E-state index in [9.17, 15) is 26.7 Å². The second-order valence-corrected chi connectivity index (χ2v) is 6.82. The highest BCUT2D eigenvalue weighted by Gasteiger charge is 2.60. The average molecular weight is 390 g/mol. The molecule has 2 aromatic rings. The number of rotatable bonds is 3. The van der Waals surface area contributed by atoms with E-state index in [0.29, 0.717) is 10.6 Å². The van der Waals surface area contributed by atoms with E-state index >= 15 is 0 Å². The summed E-state index contributed by atoms with van der Waals surface area (Å²) in [5.41, 5.74) is -1.88. The quantitative estimate of drug-likeness (QED) is 0.633. The largest absolute Gasteiger partial charge is 0.459 e. The summed E-state index contributed by atoms with van der Waals surface area (Å²) in [6.45, 7) is 1.30. The van der Waals surface area contributed by atoms with Crippen LogP contribution < -0.4 is 5.32 Å². The van der Waals surface area contributed by atoms with Crippen LogP contribution in [0.5, 0.6) is 0 Å². The molecule has 0 saturated heterocycles. The molecule has 3 rings (SSSR count). The molecular weight excluding hydrogens is 371 g/mol. The van der Waals surface area contributed by atoms with Gasteiger partial charge in [-0.25, -0.2) is 9.50 Å². The van der Waals surface area contributed by atoms with Gasteiger partial charge in [0, 0.05) is 17.8 Å². The molecule has 1 fully saturated rings. The highest BCUT2D eigenvalue weighted by atomic mass is 19.4. The van der Waals surface area contributed by atoms with Crippen molar-refractivity contribution < 1.29 is 26.7 Å². The molecule has 1 N–H and O–H groups in total. The van der Waals surface area contributed by atoms with Gasteiger partial charge >= 0.3 is 12.1 Å². The molecule has 0 spiro atoms. The number of halogens is 5. The Morgan fingerprint density at radius 3 is 2.33 bits per heavy atom. The number of nitrogens with zero attached hydrogens (tertiary/aromatic N) is 3. The number of aromatic nitrogens is 3. The lowest BCUT2D eigenvalue weighted by molar-refractivity contribution is -0.291. The summed E-state index contributed by atoms with van der Waals surface area (Å²) >= 11 is 0. The van der Waals surface area contributed by atoms with Gasteiger partial charge in [0.1, 0.15) is 5.69 Å². The maximum atomic E-state index is 13.9. The number of alkyl halides is 5. The van der Waals surface area contributed by atoms with Crippen LogP contribution in [-0.2, 0) is 5.92 Å². The Morgan fingerprint density at radius 2 is 1.74 bits per heavy atom. The van der Waals surface area contributed by atoms with Gasteiger partial charge in [-0.2, -0.15) is 27.1 Å². The molecule has 148 valence electrons. The molecule has 5 nitrogen and oxygen atoms in total. The van der Waals surface area contributed by atoms with E-state index in [1.54, 1.807) is 0 Å². The zero-order valence-corrected chi connectivity index (χ0v) is 14.6. The molecule has 1 saturated carbocycles. The molecule has 0 aromatic carbocycles. The minimum Gasteiger partial charge on any atom is -0.348 e. The molecule has 2 heterocycles. The second-order valence-electron chi connectivity index (χ2n) is 6.82. The van der Waals surface area contributed by atoms with Crippen LogP contribution in [0.4, 0.5) is 22.0 Å². The minimum atomic E-state index is -5.79. The van der Waals surface area contributed by atoms with Crippen LogP contribution in [0.2, 0.25) is 0 Å². The van der Waals surface area contributed by atoms with Gasteiger partial charge in [0.15, 0.2) is 11.3 Å². The summed E-state index contributed by atoms with van der Waals surface area (Å²) < 4.78 is 66.6. The molecule has 0 bridgehead atoms. The van der Waals surface area contributed by atoms with Gasteiger partial charge in [-0.1, -0.05) is 25.7 Å². The first-order valence-electron chi connectivity index (χ1n) is 8.73. The number of aryl methyl sites for hydroxylation is 1. The maximum absolute atomic E-state index is 13.9. The van der Waals surface area contributed by atoms with Crippen molar-refractivity contribution in [3.05, 3.63) is 29.2 Å². The van der Waals surface area contributed by atoms with Gasteiger partial charge < -0.3 is 5.32 Å². The minimum absolute atomic E-state index is 0.0305. The fourth-order valence-corrected chi connectivity index (χ4v) is 3.26. The van der Waals surface area contributed by atoms with E-state index < -0.39 is 23.7 Å². The van der Waals surface area contributed by atoms with Crippen LogP contribution >= 0.6 is 0 Å². The van der Waals surface area contributed by atoms with Gasteiger partial charge in [0.05, 0.1) is 0 Å². The lowest BCUT2D eigenvalue weighted by atomic mass is 10.1. The topological polar surface area (TPSA) is 59.3 Å². The fourth-order valence-electron chi connectivity index (χ4n) is 3.26. The van der Waals surface area contributed by atoms with Gasteiger partial charge in [-0.15, -0.1) is 0 Å². The van der Waals surface area contributed by atoms with E-state index in [4.69, 9.17) is 0 Å². The van der Waals surface area contributed by atoms with Crippen LogP contribution in [0.15, 0.2) is 12.1 Å². The van der Waals surface area contributed by atoms with E-state index in [2.05, 4.69) is 15.4 Å². The number of amides is 1. The Kier molecular flexibility index (Phi) is 5.09. The van der Waals surface area contributed by atoms with E-state index in [0.717, 1.165) is 44.6 Å². The standard InChI is InChI=1S/C17H19F5N4O/c1-10-8-13(16(18,19)17(20,21)22)26-14(23-10)9-12(25-26)15(27)24-11-6-4-2-3-5-7-11/h8-9,11H,2-7H2,1H3,(H,24,27). The Hall–Kier alpha value is -2.26. The first kappa shape index (κ1) is 19.5. The molecule has 2 aromatic heterocycles. The van der Waals surface area contributed by atoms with E-state index in [1.807, 2.05) is 0 Å². The summed E-state index contributed by atoms with van der Waals surface area (Å²) in [4.78, 5) is 16.3. The van der Waals surface area contributed by atoms with Crippen molar-refractivity contribution in [2.45, 2.75) is 63.6 Å². The molecule has 0 atom stereocenters. The lowest BCUT2D eigenvalue weighted by Crippen LogP contribution is -2.36. The predicted molar refractivity (Wildman–Crippen MR) is 86.6 cm³/mol. The summed E-state index contributed by atoms with van der Waals surface area (Å²) in [5, 5.41) is 6.47. The Morgan fingerprint density at radius 1 is 1.11 bits per heavy atom. The van der Waals surface area contributed by atoms with Gasteiger partial charge in [-0.05, 0) is 25.8 Å². The first-order valence-corrected chi connectivity index (χ1v) is 8.73. The number of hydrogen-bond donors (Lipinski definition) is 1. The van der Waals surface area contributed by atoms with Crippen molar-refractivity contribution in [1.29, 1.82) is 0 Å². The van der Waals surface area contributed by atoms with Gasteiger partial charge in [0.25, 0.3) is 5.91 Å². The number of carbonyl (C=O) groups is 1. The monoisotopic (exact) mass is 390 g/mol.